The van der Waals surface area contributed by atoms with Crippen molar-refractivity contribution in [1.82, 2.24) is 4.98 Å². The molecule has 0 fully saturated rings. The van der Waals surface area contributed by atoms with E-state index in [4.69, 9.17) is 0 Å². The fourth-order valence-electron chi connectivity index (χ4n) is 2.42. The van der Waals surface area contributed by atoms with Gasteiger partial charge >= 0.3 is 6.18 Å². The van der Waals surface area contributed by atoms with Crippen LogP contribution < -0.4 is 10.6 Å². The number of hydrogen-bond acceptors (Lipinski definition) is 3. The number of rotatable bonds is 5. The van der Waals surface area contributed by atoms with Crippen molar-refractivity contribution in [2.24, 2.45) is 0 Å². The molecule has 27 heavy (non-hydrogen) atoms. The molecule has 1 amide bonds. The zero-order valence-corrected chi connectivity index (χ0v) is 14.1. The molecule has 0 aliphatic carbocycles. The number of benzene rings is 2. The van der Waals surface area contributed by atoms with E-state index in [0.29, 0.717) is 17.2 Å². The van der Waals surface area contributed by atoms with Gasteiger partial charge in [0.25, 0.3) is 0 Å². The first-order valence-corrected chi connectivity index (χ1v) is 8.14. The van der Waals surface area contributed by atoms with Crippen molar-refractivity contribution in [3.05, 3.63) is 84.1 Å². The Kier molecular flexibility index (Phi) is 5.40. The minimum atomic E-state index is -4.36. The second-order valence-electron chi connectivity index (χ2n) is 5.84. The summed E-state index contributed by atoms with van der Waals surface area (Å²) in [5, 5.41) is 5.66. The Bertz CT molecular complexity index is 893. The zero-order valence-electron chi connectivity index (χ0n) is 14.1. The molecule has 3 rings (SSSR count). The monoisotopic (exact) mass is 371 g/mol. The predicted molar refractivity (Wildman–Crippen MR) is 97.7 cm³/mol. The van der Waals surface area contributed by atoms with Gasteiger partial charge in [-0.3, -0.25) is 4.79 Å². The van der Waals surface area contributed by atoms with E-state index >= 15 is 0 Å². The number of halogens is 3. The maximum absolute atomic E-state index is 12.6. The first-order valence-electron chi connectivity index (χ1n) is 8.14. The number of carbonyl (C=O) groups is 1. The predicted octanol–water partition coefficient (Wildman–Crippen LogP) is 5.03. The highest BCUT2D eigenvalue weighted by Gasteiger charge is 2.29. The second kappa shape index (κ2) is 7.90. The Labute approximate surface area is 154 Å². The lowest BCUT2D eigenvalue weighted by Crippen LogP contribution is -2.15. The van der Waals surface area contributed by atoms with Crippen LogP contribution in [0.15, 0.2) is 72.9 Å². The van der Waals surface area contributed by atoms with Crippen molar-refractivity contribution in [1.29, 1.82) is 0 Å². The van der Waals surface area contributed by atoms with Crippen LogP contribution in [0.2, 0.25) is 0 Å². The van der Waals surface area contributed by atoms with Gasteiger partial charge in [-0.15, -0.1) is 0 Å². The van der Waals surface area contributed by atoms with Gasteiger partial charge in [-0.1, -0.05) is 30.3 Å². The number of anilines is 3. The third-order valence-corrected chi connectivity index (χ3v) is 3.74. The van der Waals surface area contributed by atoms with Crippen molar-refractivity contribution in [3.63, 3.8) is 0 Å². The Morgan fingerprint density at radius 1 is 0.889 bits per heavy atom. The molecule has 0 atom stereocenters. The van der Waals surface area contributed by atoms with Gasteiger partial charge in [-0.25, -0.2) is 4.98 Å². The molecular formula is C20H16F3N3O. The molecule has 0 spiro atoms. The normalized spacial score (nSPS) is 11.1. The number of pyridine rings is 1. The van der Waals surface area contributed by atoms with Crippen LogP contribution in [0.5, 0.6) is 0 Å². The first-order chi connectivity index (χ1) is 12.9. The molecule has 138 valence electrons. The van der Waals surface area contributed by atoms with Gasteiger partial charge in [0.2, 0.25) is 5.91 Å². The number of nitrogens with zero attached hydrogens (tertiary/aromatic N) is 1. The maximum Gasteiger partial charge on any atom is 0.416 e. The maximum atomic E-state index is 12.6. The summed E-state index contributed by atoms with van der Waals surface area (Å²) in [5.41, 5.74) is 1.29. The van der Waals surface area contributed by atoms with Gasteiger partial charge in [0.1, 0.15) is 5.82 Å². The van der Waals surface area contributed by atoms with Crippen molar-refractivity contribution < 1.29 is 18.0 Å². The molecular weight excluding hydrogens is 355 g/mol. The van der Waals surface area contributed by atoms with Crippen LogP contribution in [0.3, 0.4) is 0 Å². The summed E-state index contributed by atoms with van der Waals surface area (Å²) in [5.74, 6) is 0.214. The quantitative estimate of drug-likeness (QED) is 0.662. The summed E-state index contributed by atoms with van der Waals surface area (Å²) in [6.07, 6.45) is -2.62. The lowest BCUT2D eigenvalue weighted by Gasteiger charge is -2.10. The Morgan fingerprint density at radius 2 is 1.56 bits per heavy atom. The molecule has 2 N–H and O–H groups in total. The molecule has 4 nitrogen and oxygen atoms in total. The minimum Gasteiger partial charge on any atom is -0.354 e. The van der Waals surface area contributed by atoms with E-state index in [1.165, 1.54) is 18.3 Å². The summed E-state index contributed by atoms with van der Waals surface area (Å²) in [7, 11) is 0. The fraction of sp³-hybridized carbons (Fsp3) is 0.100. The van der Waals surface area contributed by atoms with E-state index in [2.05, 4.69) is 15.6 Å². The van der Waals surface area contributed by atoms with Crippen molar-refractivity contribution >= 4 is 23.1 Å². The van der Waals surface area contributed by atoms with Gasteiger partial charge in [0, 0.05) is 5.69 Å². The zero-order chi connectivity index (χ0) is 19.3. The number of nitrogens with one attached hydrogen (secondary N) is 2. The van der Waals surface area contributed by atoms with Crippen LogP contribution in [-0.2, 0) is 17.4 Å². The number of aromatic nitrogens is 1. The van der Waals surface area contributed by atoms with Crippen LogP contribution >= 0.6 is 0 Å². The van der Waals surface area contributed by atoms with Crippen LogP contribution in [-0.4, -0.2) is 10.9 Å². The third kappa shape index (κ3) is 5.31. The van der Waals surface area contributed by atoms with E-state index in [9.17, 15) is 18.0 Å². The fourth-order valence-corrected chi connectivity index (χ4v) is 2.42. The lowest BCUT2D eigenvalue weighted by atomic mass is 10.1. The standard InChI is InChI=1S/C20H16F3N3O/c21-20(22,23)15-6-8-16(9-7-15)25-17-10-11-18(24-13-17)26-19(27)12-14-4-2-1-3-5-14/h1-11,13,25H,12H2,(H,24,26,27). The molecule has 2 aromatic carbocycles. The Hall–Kier alpha value is -3.35. The van der Waals surface area contributed by atoms with Crippen molar-refractivity contribution in [3.8, 4) is 0 Å². The Balaban J connectivity index is 1.58. The second-order valence-corrected chi connectivity index (χ2v) is 5.84. The van der Waals surface area contributed by atoms with Gasteiger partial charge in [-0.2, -0.15) is 13.2 Å². The SMILES string of the molecule is O=C(Cc1ccccc1)Nc1ccc(Nc2ccc(C(F)(F)F)cc2)cn1. The average Bonchev–Trinajstić information content (AvgIpc) is 2.64. The van der Waals surface area contributed by atoms with Gasteiger partial charge < -0.3 is 10.6 Å². The highest BCUT2D eigenvalue weighted by atomic mass is 19.4. The van der Waals surface area contributed by atoms with E-state index in [1.807, 2.05) is 30.3 Å². The first kappa shape index (κ1) is 18.4. The molecule has 0 bridgehead atoms. The van der Waals surface area contributed by atoms with Crippen LogP contribution in [0, 0.1) is 0 Å². The Morgan fingerprint density at radius 3 is 2.15 bits per heavy atom. The molecule has 0 aliphatic rings. The van der Waals surface area contributed by atoms with Crippen LogP contribution in [0.1, 0.15) is 11.1 Å². The summed E-state index contributed by atoms with van der Waals surface area (Å²) < 4.78 is 37.7. The smallest absolute Gasteiger partial charge is 0.354 e. The van der Waals surface area contributed by atoms with E-state index in [1.54, 1.807) is 12.1 Å². The number of alkyl halides is 3. The minimum absolute atomic E-state index is 0.183. The molecule has 0 unspecified atom stereocenters. The molecule has 3 aromatic rings. The molecule has 1 aromatic heterocycles. The molecule has 0 saturated carbocycles. The van der Waals surface area contributed by atoms with Gasteiger partial charge in [0.05, 0.1) is 23.9 Å². The highest BCUT2D eigenvalue weighted by molar-refractivity contribution is 5.91. The van der Waals surface area contributed by atoms with Crippen molar-refractivity contribution in [2.75, 3.05) is 10.6 Å². The summed E-state index contributed by atoms with van der Waals surface area (Å²) in [4.78, 5) is 16.2. The van der Waals surface area contributed by atoms with Crippen LogP contribution in [0.25, 0.3) is 0 Å². The summed E-state index contributed by atoms with van der Waals surface area (Å²) in [6, 6.07) is 17.3. The average molecular weight is 371 g/mol. The molecule has 0 saturated heterocycles. The van der Waals surface area contributed by atoms with E-state index in [0.717, 1.165) is 17.7 Å². The van der Waals surface area contributed by atoms with E-state index < -0.39 is 11.7 Å². The highest BCUT2D eigenvalue weighted by Crippen LogP contribution is 2.30. The van der Waals surface area contributed by atoms with Crippen LogP contribution in [0.4, 0.5) is 30.4 Å². The van der Waals surface area contributed by atoms with Crippen molar-refractivity contribution in [2.45, 2.75) is 12.6 Å². The number of amides is 1. The summed E-state index contributed by atoms with van der Waals surface area (Å²) in [6.45, 7) is 0. The third-order valence-electron chi connectivity index (χ3n) is 3.74. The number of carbonyl (C=O) groups excluding carboxylic acids is 1. The topological polar surface area (TPSA) is 54.0 Å². The largest absolute Gasteiger partial charge is 0.416 e. The molecule has 0 radical (unpaired) electrons. The molecule has 0 aliphatic heterocycles. The molecule has 7 heteroatoms. The molecule has 1 heterocycles. The van der Waals surface area contributed by atoms with E-state index in [-0.39, 0.29) is 12.3 Å². The van der Waals surface area contributed by atoms with Gasteiger partial charge in [-0.05, 0) is 42.0 Å². The lowest BCUT2D eigenvalue weighted by molar-refractivity contribution is -0.137. The number of hydrogen-bond donors (Lipinski definition) is 2. The van der Waals surface area contributed by atoms with Gasteiger partial charge in [0.15, 0.2) is 0 Å². The summed E-state index contributed by atoms with van der Waals surface area (Å²) >= 11 is 0.